The van der Waals surface area contributed by atoms with Crippen LogP contribution in [0.5, 0.6) is 5.88 Å². The first kappa shape index (κ1) is 20.2. The summed E-state index contributed by atoms with van der Waals surface area (Å²) in [7, 11) is -3.79. The number of hydrogen-bond acceptors (Lipinski definition) is 5. The van der Waals surface area contributed by atoms with Crippen molar-refractivity contribution in [3.05, 3.63) is 48.4 Å². The molecule has 0 saturated carbocycles. The smallest absolute Gasteiger partial charge is 0.243 e. The molecule has 2 aromatic rings. The number of piperidine rings is 1. The van der Waals surface area contributed by atoms with Crippen molar-refractivity contribution in [1.29, 1.82) is 0 Å². The lowest BCUT2D eigenvalue weighted by molar-refractivity contribution is -0.120. The van der Waals surface area contributed by atoms with E-state index < -0.39 is 21.8 Å². The fraction of sp³-hybridized carbons (Fsp3) is 0.368. The number of hydrogen-bond donors (Lipinski definition) is 1. The Kier molecular flexibility index (Phi) is 6.25. The van der Waals surface area contributed by atoms with E-state index in [-0.39, 0.29) is 17.3 Å². The minimum Gasteiger partial charge on any atom is -0.476 e. The van der Waals surface area contributed by atoms with Gasteiger partial charge in [0.1, 0.15) is 11.5 Å². The number of sulfonamides is 1. The van der Waals surface area contributed by atoms with Crippen LogP contribution in [-0.2, 0) is 14.8 Å². The number of halogens is 1. The average molecular weight is 407 g/mol. The number of benzene rings is 1. The number of amides is 1. The minimum absolute atomic E-state index is 0.0147. The molecule has 0 spiro atoms. The van der Waals surface area contributed by atoms with Crippen LogP contribution in [0.15, 0.2) is 47.5 Å². The maximum absolute atomic E-state index is 13.1. The first-order valence-electron chi connectivity index (χ1n) is 9.06. The van der Waals surface area contributed by atoms with Gasteiger partial charge in [-0.1, -0.05) is 0 Å². The molecular weight excluding hydrogens is 385 g/mol. The van der Waals surface area contributed by atoms with Crippen LogP contribution in [0.2, 0.25) is 0 Å². The van der Waals surface area contributed by atoms with E-state index in [0.717, 1.165) is 12.1 Å². The summed E-state index contributed by atoms with van der Waals surface area (Å²) in [5.41, 5.74) is 0.452. The van der Waals surface area contributed by atoms with Crippen LogP contribution in [-0.4, -0.2) is 43.3 Å². The molecule has 2 heterocycles. The zero-order valence-electron chi connectivity index (χ0n) is 15.5. The summed E-state index contributed by atoms with van der Waals surface area (Å²) in [4.78, 5) is 16.8. The predicted molar refractivity (Wildman–Crippen MR) is 102 cm³/mol. The van der Waals surface area contributed by atoms with Crippen LogP contribution in [0.4, 0.5) is 10.1 Å². The van der Waals surface area contributed by atoms with E-state index in [1.807, 2.05) is 6.92 Å². The van der Waals surface area contributed by atoms with E-state index in [4.69, 9.17) is 4.74 Å². The van der Waals surface area contributed by atoms with Crippen molar-refractivity contribution in [2.75, 3.05) is 25.0 Å². The lowest BCUT2D eigenvalue weighted by Crippen LogP contribution is -2.43. The van der Waals surface area contributed by atoms with E-state index in [2.05, 4.69) is 10.3 Å². The topological polar surface area (TPSA) is 88.6 Å². The van der Waals surface area contributed by atoms with Crippen LogP contribution in [0.3, 0.4) is 0 Å². The highest BCUT2D eigenvalue weighted by Gasteiger charge is 2.33. The first-order chi connectivity index (χ1) is 13.4. The summed E-state index contributed by atoms with van der Waals surface area (Å²) >= 11 is 0. The van der Waals surface area contributed by atoms with Crippen molar-refractivity contribution in [1.82, 2.24) is 9.29 Å². The number of nitrogens with zero attached hydrogens (tertiary/aromatic N) is 2. The molecule has 1 atom stereocenters. The van der Waals surface area contributed by atoms with Crippen LogP contribution in [0.1, 0.15) is 19.8 Å². The Morgan fingerprint density at radius 2 is 2.07 bits per heavy atom. The number of pyridine rings is 1. The number of ether oxygens (including phenoxy) is 1. The third kappa shape index (κ3) is 4.48. The van der Waals surface area contributed by atoms with Gasteiger partial charge < -0.3 is 10.1 Å². The SMILES string of the molecule is CCOc1ncccc1NC(=O)C1CCCN(S(=O)(=O)c2ccc(F)cc2)C1. The number of rotatable bonds is 6. The summed E-state index contributed by atoms with van der Waals surface area (Å²) < 4.78 is 45.4. The number of carbonyl (C=O) groups is 1. The molecule has 150 valence electrons. The fourth-order valence-corrected chi connectivity index (χ4v) is 4.63. The largest absolute Gasteiger partial charge is 0.476 e. The molecule has 9 heteroatoms. The third-order valence-electron chi connectivity index (χ3n) is 4.52. The highest BCUT2D eigenvalue weighted by molar-refractivity contribution is 7.89. The molecule has 0 aliphatic carbocycles. The van der Waals surface area contributed by atoms with Gasteiger partial charge in [-0.15, -0.1) is 0 Å². The van der Waals surface area contributed by atoms with E-state index in [1.54, 1.807) is 18.3 Å². The van der Waals surface area contributed by atoms with Gasteiger partial charge in [0.2, 0.25) is 21.8 Å². The lowest BCUT2D eigenvalue weighted by Gasteiger charge is -2.31. The molecule has 0 radical (unpaired) electrons. The van der Waals surface area contributed by atoms with E-state index in [1.165, 1.54) is 16.4 Å². The Balaban J connectivity index is 1.72. The van der Waals surface area contributed by atoms with Gasteiger partial charge in [0, 0.05) is 19.3 Å². The zero-order chi connectivity index (χ0) is 20.1. The van der Waals surface area contributed by atoms with Gasteiger partial charge in [-0.2, -0.15) is 4.31 Å². The van der Waals surface area contributed by atoms with Gasteiger partial charge in [-0.3, -0.25) is 4.79 Å². The Morgan fingerprint density at radius 3 is 2.79 bits per heavy atom. The maximum Gasteiger partial charge on any atom is 0.243 e. The highest BCUT2D eigenvalue weighted by Crippen LogP contribution is 2.26. The van der Waals surface area contributed by atoms with Gasteiger partial charge in [-0.25, -0.2) is 17.8 Å². The Morgan fingerprint density at radius 1 is 1.32 bits per heavy atom. The molecule has 3 rings (SSSR count). The maximum atomic E-state index is 13.1. The minimum atomic E-state index is -3.79. The highest BCUT2D eigenvalue weighted by atomic mass is 32.2. The zero-order valence-corrected chi connectivity index (χ0v) is 16.3. The van der Waals surface area contributed by atoms with Crippen LogP contribution < -0.4 is 10.1 Å². The monoisotopic (exact) mass is 407 g/mol. The summed E-state index contributed by atoms with van der Waals surface area (Å²) in [6.45, 7) is 2.61. The Labute approximate surface area is 163 Å². The standard InChI is InChI=1S/C19H22FN3O4S/c1-2-27-19-17(6-3-11-21-19)22-18(24)14-5-4-12-23(13-14)28(25,26)16-9-7-15(20)8-10-16/h3,6-11,14H,2,4-5,12-13H2,1H3,(H,22,24). The molecule has 1 amide bonds. The number of carbonyl (C=O) groups excluding carboxylic acids is 1. The fourth-order valence-electron chi connectivity index (χ4n) is 3.10. The van der Waals surface area contributed by atoms with E-state index in [9.17, 15) is 17.6 Å². The van der Waals surface area contributed by atoms with E-state index >= 15 is 0 Å². The molecule has 1 N–H and O–H groups in total. The van der Waals surface area contributed by atoms with Crippen molar-refractivity contribution in [3.8, 4) is 5.88 Å². The molecule has 0 bridgehead atoms. The van der Waals surface area contributed by atoms with Crippen molar-refractivity contribution >= 4 is 21.6 Å². The van der Waals surface area contributed by atoms with Gasteiger partial charge in [0.05, 0.1) is 17.4 Å². The van der Waals surface area contributed by atoms with Crippen molar-refractivity contribution in [2.24, 2.45) is 5.92 Å². The van der Waals surface area contributed by atoms with Crippen LogP contribution >= 0.6 is 0 Å². The molecule has 1 aliphatic rings. The molecule has 1 saturated heterocycles. The molecule has 1 unspecified atom stereocenters. The van der Waals surface area contributed by atoms with Gasteiger partial charge in [-0.05, 0) is 56.2 Å². The molecule has 1 aliphatic heterocycles. The van der Waals surface area contributed by atoms with Gasteiger partial charge in [0.25, 0.3) is 0 Å². The Bertz CT molecular complexity index is 934. The van der Waals surface area contributed by atoms with Crippen LogP contribution in [0.25, 0.3) is 0 Å². The first-order valence-corrected chi connectivity index (χ1v) is 10.5. The summed E-state index contributed by atoms with van der Waals surface area (Å²) in [6.07, 6.45) is 2.70. The summed E-state index contributed by atoms with van der Waals surface area (Å²) in [6, 6.07) is 8.06. The third-order valence-corrected chi connectivity index (χ3v) is 6.40. The van der Waals surface area contributed by atoms with Gasteiger partial charge >= 0.3 is 0 Å². The van der Waals surface area contributed by atoms with Crippen molar-refractivity contribution < 1.29 is 22.3 Å². The average Bonchev–Trinajstić information content (AvgIpc) is 2.70. The molecule has 28 heavy (non-hydrogen) atoms. The number of aromatic nitrogens is 1. The summed E-state index contributed by atoms with van der Waals surface area (Å²) in [5.74, 6) is -0.965. The van der Waals surface area contributed by atoms with Gasteiger partial charge in [0.15, 0.2) is 0 Å². The second-order valence-corrected chi connectivity index (χ2v) is 8.37. The number of nitrogens with one attached hydrogen (secondary N) is 1. The molecule has 1 aromatic carbocycles. The second kappa shape index (κ2) is 8.66. The quantitative estimate of drug-likeness (QED) is 0.795. The van der Waals surface area contributed by atoms with Crippen molar-refractivity contribution in [2.45, 2.75) is 24.7 Å². The number of anilines is 1. The van der Waals surface area contributed by atoms with Crippen molar-refractivity contribution in [3.63, 3.8) is 0 Å². The van der Waals surface area contributed by atoms with Crippen LogP contribution in [0, 0.1) is 11.7 Å². The predicted octanol–water partition coefficient (Wildman–Crippen LogP) is 2.66. The molecule has 1 aromatic heterocycles. The van der Waals surface area contributed by atoms with E-state index in [0.29, 0.717) is 37.6 Å². The Hall–Kier alpha value is -2.52. The lowest BCUT2D eigenvalue weighted by atomic mass is 9.99. The summed E-state index contributed by atoms with van der Waals surface area (Å²) in [5, 5.41) is 2.79. The normalized spacial score (nSPS) is 17.9. The second-order valence-electron chi connectivity index (χ2n) is 6.43. The molecule has 1 fully saturated rings. The molecule has 7 nitrogen and oxygen atoms in total. The molecular formula is C19H22FN3O4S.